The molecule has 1 amide bonds. The van der Waals surface area contributed by atoms with E-state index in [1.165, 1.54) is 0 Å². The predicted octanol–water partition coefficient (Wildman–Crippen LogP) is 5.03. The van der Waals surface area contributed by atoms with Crippen LogP contribution in [0, 0.1) is 0 Å². The highest BCUT2D eigenvalue weighted by molar-refractivity contribution is 9.09. The zero-order valence-corrected chi connectivity index (χ0v) is 14.5. The Morgan fingerprint density at radius 3 is 2.38 bits per heavy atom. The molecular weight excluding hydrogens is 373 g/mol. The van der Waals surface area contributed by atoms with Gasteiger partial charge in [0.25, 0.3) is 5.91 Å². The molecule has 1 N–H and O–H groups in total. The molecule has 0 bridgehead atoms. The van der Waals surface area contributed by atoms with Crippen molar-refractivity contribution in [2.24, 2.45) is 0 Å². The number of carbonyl (C=O) groups excluding carboxylic acids is 1. The van der Waals surface area contributed by atoms with Gasteiger partial charge in [0.1, 0.15) is 0 Å². The molecule has 1 unspecified atom stereocenters. The van der Waals surface area contributed by atoms with Gasteiger partial charge in [-0.1, -0.05) is 69.5 Å². The van der Waals surface area contributed by atoms with Crippen LogP contribution in [0.25, 0.3) is 0 Å². The lowest BCUT2D eigenvalue weighted by molar-refractivity contribution is 0.0914. The van der Waals surface area contributed by atoms with Gasteiger partial charge in [-0.2, -0.15) is 0 Å². The van der Waals surface area contributed by atoms with Crippen LogP contribution in [-0.4, -0.2) is 11.2 Å². The molecule has 0 fully saturated rings. The van der Waals surface area contributed by atoms with Gasteiger partial charge in [0.05, 0.1) is 15.6 Å². The number of rotatable bonds is 4. The molecule has 21 heavy (non-hydrogen) atoms. The average Bonchev–Trinajstić information content (AvgIpc) is 2.50. The molecule has 0 saturated heterocycles. The number of carbonyl (C=O) groups is 1. The number of halogens is 3. The van der Waals surface area contributed by atoms with E-state index >= 15 is 0 Å². The Bertz CT molecular complexity index is 648. The lowest BCUT2D eigenvalue weighted by atomic mass is 9.94. The van der Waals surface area contributed by atoms with E-state index in [9.17, 15) is 4.79 Å². The summed E-state index contributed by atoms with van der Waals surface area (Å²) in [5.41, 5.74) is 0.993. The molecule has 2 nitrogen and oxygen atoms in total. The first kappa shape index (κ1) is 16.3. The van der Waals surface area contributed by atoms with Gasteiger partial charge in [-0.05, 0) is 30.7 Å². The van der Waals surface area contributed by atoms with E-state index < -0.39 is 5.54 Å². The molecule has 0 aromatic heterocycles. The fourth-order valence-corrected chi connectivity index (χ4v) is 2.71. The first-order valence-corrected chi connectivity index (χ1v) is 8.23. The Balaban J connectivity index is 2.26. The smallest absolute Gasteiger partial charge is 0.252 e. The Hall–Kier alpha value is -1.03. The molecule has 2 aromatic carbocycles. The summed E-state index contributed by atoms with van der Waals surface area (Å²) in [6, 6.07) is 14.6. The van der Waals surface area contributed by atoms with Crippen LogP contribution in [0.4, 0.5) is 0 Å². The second kappa shape index (κ2) is 6.82. The van der Waals surface area contributed by atoms with Crippen molar-refractivity contribution in [2.75, 3.05) is 5.33 Å². The number of hydrogen-bond donors (Lipinski definition) is 1. The van der Waals surface area contributed by atoms with Crippen molar-refractivity contribution in [3.05, 3.63) is 69.7 Å². The molecule has 2 aromatic rings. The van der Waals surface area contributed by atoms with E-state index in [1.54, 1.807) is 18.2 Å². The van der Waals surface area contributed by atoms with Crippen LogP contribution in [0.2, 0.25) is 10.0 Å². The number of benzene rings is 2. The molecule has 0 heterocycles. The number of amides is 1. The van der Waals surface area contributed by atoms with Crippen LogP contribution in [0.15, 0.2) is 48.5 Å². The summed E-state index contributed by atoms with van der Waals surface area (Å²) in [5, 5.41) is 4.42. The maximum atomic E-state index is 12.4. The summed E-state index contributed by atoms with van der Waals surface area (Å²) in [5.74, 6) is -0.195. The van der Waals surface area contributed by atoms with E-state index in [1.807, 2.05) is 37.3 Å². The Morgan fingerprint density at radius 1 is 1.14 bits per heavy atom. The van der Waals surface area contributed by atoms with E-state index in [0.717, 1.165) is 5.56 Å². The maximum Gasteiger partial charge on any atom is 0.252 e. The molecule has 1 atom stereocenters. The minimum atomic E-state index is -0.509. The molecule has 110 valence electrons. The third-order valence-corrected chi connectivity index (χ3v) is 5.11. The largest absolute Gasteiger partial charge is 0.342 e. The molecular formula is C16H14BrCl2NO. The standard InChI is InChI=1S/C16H14BrCl2NO/c1-16(10-17,12-5-3-2-4-6-12)20-15(21)11-7-8-13(18)14(19)9-11/h2-9H,10H2,1H3,(H,20,21). The molecule has 0 aliphatic rings. The SMILES string of the molecule is CC(CBr)(NC(=O)c1ccc(Cl)c(Cl)c1)c1ccccc1. The lowest BCUT2D eigenvalue weighted by Gasteiger charge is -2.29. The Morgan fingerprint density at radius 2 is 1.81 bits per heavy atom. The molecule has 0 aliphatic carbocycles. The number of nitrogens with one attached hydrogen (secondary N) is 1. The fourth-order valence-electron chi connectivity index (χ4n) is 1.95. The van der Waals surface area contributed by atoms with Crippen molar-refractivity contribution in [2.45, 2.75) is 12.5 Å². The van der Waals surface area contributed by atoms with E-state index in [0.29, 0.717) is 20.9 Å². The summed E-state index contributed by atoms with van der Waals surface area (Å²) < 4.78 is 0. The molecule has 0 spiro atoms. The van der Waals surface area contributed by atoms with Crippen molar-refractivity contribution in [1.29, 1.82) is 0 Å². The predicted molar refractivity (Wildman–Crippen MR) is 91.5 cm³/mol. The highest BCUT2D eigenvalue weighted by Gasteiger charge is 2.27. The highest BCUT2D eigenvalue weighted by atomic mass is 79.9. The van der Waals surface area contributed by atoms with Gasteiger partial charge in [-0.25, -0.2) is 0 Å². The summed E-state index contributed by atoms with van der Waals surface area (Å²) in [6.45, 7) is 1.96. The highest BCUT2D eigenvalue weighted by Crippen LogP contribution is 2.26. The summed E-state index contributed by atoms with van der Waals surface area (Å²) in [6.07, 6.45) is 0. The molecule has 0 aliphatic heterocycles. The van der Waals surface area contributed by atoms with Gasteiger partial charge in [0.2, 0.25) is 0 Å². The van der Waals surface area contributed by atoms with Gasteiger partial charge in [0.15, 0.2) is 0 Å². The second-order valence-corrected chi connectivity index (χ2v) is 6.29. The average molecular weight is 387 g/mol. The van der Waals surface area contributed by atoms with Crippen LogP contribution in [0.5, 0.6) is 0 Å². The van der Waals surface area contributed by atoms with E-state index in [4.69, 9.17) is 23.2 Å². The van der Waals surface area contributed by atoms with Gasteiger partial charge in [0, 0.05) is 10.9 Å². The van der Waals surface area contributed by atoms with E-state index in [-0.39, 0.29) is 5.91 Å². The van der Waals surface area contributed by atoms with Crippen LogP contribution in [-0.2, 0) is 5.54 Å². The Labute approximate surface area is 142 Å². The lowest BCUT2D eigenvalue weighted by Crippen LogP contribution is -2.44. The third kappa shape index (κ3) is 3.79. The number of hydrogen-bond acceptors (Lipinski definition) is 1. The summed E-state index contributed by atoms with van der Waals surface area (Å²) in [4.78, 5) is 12.4. The van der Waals surface area contributed by atoms with Crippen LogP contribution in [0.1, 0.15) is 22.8 Å². The van der Waals surface area contributed by atoms with Crippen LogP contribution >= 0.6 is 39.1 Å². The fraction of sp³-hybridized carbons (Fsp3) is 0.188. The topological polar surface area (TPSA) is 29.1 Å². The zero-order valence-electron chi connectivity index (χ0n) is 11.4. The van der Waals surface area contributed by atoms with Crippen LogP contribution in [0.3, 0.4) is 0 Å². The number of alkyl halides is 1. The van der Waals surface area contributed by atoms with Gasteiger partial charge in [-0.3, -0.25) is 4.79 Å². The van der Waals surface area contributed by atoms with Crippen LogP contribution < -0.4 is 5.32 Å². The van der Waals surface area contributed by atoms with Gasteiger partial charge < -0.3 is 5.32 Å². The first-order chi connectivity index (χ1) is 9.96. The quantitative estimate of drug-likeness (QED) is 0.733. The maximum absolute atomic E-state index is 12.4. The van der Waals surface area contributed by atoms with Crippen molar-refractivity contribution < 1.29 is 4.79 Å². The van der Waals surface area contributed by atoms with Crippen molar-refractivity contribution in [3.8, 4) is 0 Å². The van der Waals surface area contributed by atoms with Gasteiger partial charge in [-0.15, -0.1) is 0 Å². The molecule has 5 heteroatoms. The monoisotopic (exact) mass is 385 g/mol. The summed E-state index contributed by atoms with van der Waals surface area (Å²) >= 11 is 15.3. The second-order valence-electron chi connectivity index (χ2n) is 4.91. The minimum Gasteiger partial charge on any atom is -0.342 e. The molecule has 0 radical (unpaired) electrons. The third-order valence-electron chi connectivity index (χ3n) is 3.25. The normalized spacial score (nSPS) is 13.5. The van der Waals surface area contributed by atoms with Crippen molar-refractivity contribution in [3.63, 3.8) is 0 Å². The molecule has 2 rings (SSSR count). The van der Waals surface area contributed by atoms with Gasteiger partial charge >= 0.3 is 0 Å². The zero-order chi connectivity index (χ0) is 15.5. The minimum absolute atomic E-state index is 0.195. The van der Waals surface area contributed by atoms with Crippen molar-refractivity contribution in [1.82, 2.24) is 5.32 Å². The van der Waals surface area contributed by atoms with Crippen molar-refractivity contribution >= 4 is 45.0 Å². The van der Waals surface area contributed by atoms with E-state index in [2.05, 4.69) is 21.2 Å². The first-order valence-electron chi connectivity index (χ1n) is 6.35. The summed E-state index contributed by atoms with van der Waals surface area (Å²) in [7, 11) is 0. The Kier molecular flexibility index (Phi) is 5.31. The molecule has 0 saturated carbocycles.